The molecule has 0 fully saturated rings. The van der Waals surface area contributed by atoms with E-state index in [0.29, 0.717) is 6.29 Å². The fraction of sp³-hybridized carbons (Fsp3) is 0.154. The quantitative estimate of drug-likeness (QED) is 0.464. The lowest BCUT2D eigenvalue weighted by Crippen LogP contribution is -2.07. The first kappa shape index (κ1) is 14.6. The first-order chi connectivity index (χ1) is 9.99. The molecule has 0 aliphatic rings. The van der Waals surface area contributed by atoms with Crippen molar-refractivity contribution < 1.29 is 27.7 Å². The van der Waals surface area contributed by atoms with E-state index in [1.807, 2.05) is 0 Å². The van der Waals surface area contributed by atoms with Crippen LogP contribution in [0, 0.1) is 10.1 Å². The summed E-state index contributed by atoms with van der Waals surface area (Å²) >= 11 is 0. The Hall–Kier alpha value is -2.77. The Morgan fingerprint density at radius 2 is 2.10 bits per heavy atom. The summed E-state index contributed by atoms with van der Waals surface area (Å²) in [5.74, 6) is 0.165. The van der Waals surface area contributed by atoms with Gasteiger partial charge in [-0.2, -0.15) is 0 Å². The van der Waals surface area contributed by atoms with E-state index >= 15 is 0 Å². The van der Waals surface area contributed by atoms with Gasteiger partial charge in [-0.1, -0.05) is 0 Å². The Kier molecular flexibility index (Phi) is 4.27. The highest BCUT2D eigenvalue weighted by atomic mass is 19.3. The van der Waals surface area contributed by atoms with Crippen molar-refractivity contribution in [3.63, 3.8) is 0 Å². The Balaban J connectivity index is 2.39. The van der Waals surface area contributed by atoms with Crippen LogP contribution >= 0.6 is 0 Å². The number of nitro groups is 1. The molecule has 21 heavy (non-hydrogen) atoms. The molecule has 1 aromatic carbocycles. The molecular weight excluding hydrogens is 288 g/mol. The molecule has 0 spiro atoms. The summed E-state index contributed by atoms with van der Waals surface area (Å²) in [5, 5.41) is 10.9. The van der Waals surface area contributed by atoms with Gasteiger partial charge in [0.2, 0.25) is 0 Å². The van der Waals surface area contributed by atoms with Gasteiger partial charge in [-0.3, -0.25) is 14.9 Å². The number of hydrogen-bond acceptors (Lipinski definition) is 5. The van der Waals surface area contributed by atoms with E-state index in [9.17, 15) is 23.7 Å². The van der Waals surface area contributed by atoms with Gasteiger partial charge in [-0.25, -0.2) is 8.78 Å². The molecule has 2 rings (SSSR count). The topological polar surface area (TPSA) is 82.6 Å². The van der Waals surface area contributed by atoms with Crippen LogP contribution in [0.1, 0.15) is 10.6 Å². The van der Waals surface area contributed by atoms with E-state index in [1.165, 1.54) is 24.3 Å². The zero-order valence-corrected chi connectivity index (χ0v) is 10.5. The molecule has 1 heterocycles. The van der Waals surface area contributed by atoms with Gasteiger partial charge in [0.05, 0.1) is 11.0 Å². The summed E-state index contributed by atoms with van der Waals surface area (Å²) in [5.41, 5.74) is -0.0811. The summed E-state index contributed by atoms with van der Waals surface area (Å²) in [6.45, 7) is -0.877. The molecule has 1 aromatic heterocycles. The molecule has 0 atom stereocenters. The highest BCUT2D eigenvalue weighted by molar-refractivity contribution is 5.73. The average molecular weight is 297 g/mol. The first-order valence-corrected chi connectivity index (χ1v) is 5.75. The van der Waals surface area contributed by atoms with Crippen LogP contribution < -0.4 is 4.74 Å². The van der Waals surface area contributed by atoms with Crippen LogP contribution in [0.4, 0.5) is 14.5 Å². The Morgan fingerprint density at radius 3 is 2.67 bits per heavy atom. The minimum absolute atomic E-state index is 0.0477. The summed E-state index contributed by atoms with van der Waals surface area (Å²) in [7, 11) is 0. The molecule has 0 N–H and O–H groups in total. The zero-order chi connectivity index (χ0) is 15.4. The normalized spacial score (nSPS) is 10.6. The molecule has 0 unspecified atom stereocenters. The molecule has 6 nitrogen and oxygen atoms in total. The SMILES string of the molecule is O=Cc1ccc(-c2cc(OCC(F)F)cc([N+](=O)[O-])c2)o1. The van der Waals surface area contributed by atoms with E-state index in [0.717, 1.165) is 6.07 Å². The largest absolute Gasteiger partial charge is 0.487 e. The predicted octanol–water partition coefficient (Wildman–Crippen LogP) is 3.31. The highest BCUT2D eigenvalue weighted by Gasteiger charge is 2.15. The third kappa shape index (κ3) is 3.62. The predicted molar refractivity (Wildman–Crippen MR) is 67.7 cm³/mol. The number of carbonyl (C=O) groups excluding carboxylic acids is 1. The summed E-state index contributed by atoms with van der Waals surface area (Å²) < 4.78 is 34.2. The van der Waals surface area contributed by atoms with Crippen LogP contribution in [0.25, 0.3) is 11.3 Å². The molecule has 2 aromatic rings. The van der Waals surface area contributed by atoms with Crippen LogP contribution in [0.5, 0.6) is 5.75 Å². The van der Waals surface area contributed by atoms with Crippen LogP contribution in [0.2, 0.25) is 0 Å². The summed E-state index contributed by atoms with van der Waals surface area (Å²) in [4.78, 5) is 20.7. The molecule has 0 amide bonds. The van der Waals surface area contributed by atoms with E-state index in [2.05, 4.69) is 0 Å². The van der Waals surface area contributed by atoms with Crippen molar-refractivity contribution in [3.8, 4) is 17.1 Å². The molecule has 0 aliphatic carbocycles. The maximum absolute atomic E-state index is 12.1. The molecule has 8 heteroatoms. The van der Waals surface area contributed by atoms with Crippen LogP contribution in [0.15, 0.2) is 34.7 Å². The van der Waals surface area contributed by atoms with Crippen molar-refractivity contribution in [3.05, 3.63) is 46.2 Å². The number of nitrogens with zero attached hydrogens (tertiary/aromatic N) is 1. The second-order valence-electron chi connectivity index (χ2n) is 3.99. The third-order valence-corrected chi connectivity index (χ3v) is 2.51. The number of rotatable bonds is 6. The molecule has 0 saturated heterocycles. The molecule has 0 saturated carbocycles. The molecular formula is C13H9F2NO5. The van der Waals surface area contributed by atoms with E-state index in [1.54, 1.807) is 0 Å². The number of non-ortho nitro benzene ring substituents is 1. The fourth-order valence-corrected chi connectivity index (χ4v) is 1.64. The lowest BCUT2D eigenvalue weighted by molar-refractivity contribution is -0.384. The second-order valence-corrected chi connectivity index (χ2v) is 3.99. The minimum Gasteiger partial charge on any atom is -0.487 e. The summed E-state index contributed by atoms with van der Waals surface area (Å²) in [6.07, 6.45) is -2.22. The summed E-state index contributed by atoms with van der Waals surface area (Å²) in [6, 6.07) is 6.39. The standard InChI is InChI=1S/C13H9F2NO5/c14-13(15)7-20-11-4-8(3-9(5-11)16(18)19)12-2-1-10(6-17)21-12/h1-6,13H,7H2. The lowest BCUT2D eigenvalue weighted by Gasteiger charge is -2.07. The van der Waals surface area contributed by atoms with Gasteiger partial charge in [0, 0.05) is 11.6 Å². The second kappa shape index (κ2) is 6.12. The number of aldehydes is 1. The van der Waals surface area contributed by atoms with Crippen molar-refractivity contribution in [1.29, 1.82) is 0 Å². The molecule has 0 aliphatic heterocycles. The maximum atomic E-state index is 12.1. The number of ether oxygens (including phenoxy) is 1. The van der Waals surface area contributed by atoms with Crippen LogP contribution in [0.3, 0.4) is 0 Å². The number of carbonyl (C=O) groups is 1. The number of benzene rings is 1. The fourth-order valence-electron chi connectivity index (χ4n) is 1.64. The van der Waals surface area contributed by atoms with Gasteiger partial charge in [-0.15, -0.1) is 0 Å². The van der Waals surface area contributed by atoms with E-state index in [-0.39, 0.29) is 28.5 Å². The number of hydrogen-bond donors (Lipinski definition) is 0. The third-order valence-electron chi connectivity index (χ3n) is 2.51. The molecule has 110 valence electrons. The lowest BCUT2D eigenvalue weighted by atomic mass is 10.1. The Labute approximate surface area is 117 Å². The van der Waals surface area contributed by atoms with Crippen LogP contribution in [-0.2, 0) is 0 Å². The number of nitro benzene ring substituents is 1. The van der Waals surface area contributed by atoms with Crippen molar-refractivity contribution in [2.24, 2.45) is 0 Å². The van der Waals surface area contributed by atoms with Crippen LogP contribution in [-0.4, -0.2) is 24.2 Å². The van der Waals surface area contributed by atoms with Gasteiger partial charge >= 0.3 is 0 Å². The minimum atomic E-state index is -2.70. The highest BCUT2D eigenvalue weighted by Crippen LogP contribution is 2.30. The first-order valence-electron chi connectivity index (χ1n) is 5.75. The van der Waals surface area contributed by atoms with Gasteiger partial charge < -0.3 is 9.15 Å². The number of alkyl halides is 2. The van der Waals surface area contributed by atoms with Gasteiger partial charge in [-0.05, 0) is 18.2 Å². The van der Waals surface area contributed by atoms with Gasteiger partial charge in [0.1, 0.15) is 18.1 Å². The Bertz CT molecular complexity index is 668. The average Bonchev–Trinajstić information content (AvgIpc) is 2.93. The molecule has 0 bridgehead atoms. The van der Waals surface area contributed by atoms with E-state index in [4.69, 9.17) is 9.15 Å². The van der Waals surface area contributed by atoms with Gasteiger partial charge in [0.15, 0.2) is 12.0 Å². The zero-order valence-electron chi connectivity index (χ0n) is 10.5. The monoisotopic (exact) mass is 297 g/mol. The smallest absolute Gasteiger partial charge is 0.273 e. The van der Waals surface area contributed by atoms with Crippen molar-refractivity contribution in [2.75, 3.05) is 6.61 Å². The number of halogens is 2. The Morgan fingerprint density at radius 1 is 1.33 bits per heavy atom. The maximum Gasteiger partial charge on any atom is 0.273 e. The van der Waals surface area contributed by atoms with Gasteiger partial charge in [0.25, 0.3) is 12.1 Å². The van der Waals surface area contributed by atoms with Crippen molar-refractivity contribution in [2.45, 2.75) is 6.43 Å². The molecule has 0 radical (unpaired) electrons. The number of furan rings is 1. The van der Waals surface area contributed by atoms with E-state index < -0.39 is 18.0 Å². The van der Waals surface area contributed by atoms with Crippen molar-refractivity contribution in [1.82, 2.24) is 0 Å². The van der Waals surface area contributed by atoms with Crippen molar-refractivity contribution >= 4 is 12.0 Å².